The molecule has 1 atom stereocenters. The third kappa shape index (κ3) is 2.96. The molecule has 2 nitrogen and oxygen atoms in total. The number of halogens is 4. The zero-order valence-electron chi connectivity index (χ0n) is 10.4. The van der Waals surface area contributed by atoms with Gasteiger partial charge in [-0.05, 0) is 42.3 Å². The van der Waals surface area contributed by atoms with Crippen LogP contribution in [0.15, 0.2) is 36.5 Å². The maximum atomic E-state index is 13.2. The van der Waals surface area contributed by atoms with Gasteiger partial charge in [-0.15, -0.1) is 0 Å². The second kappa shape index (κ2) is 5.20. The third-order valence-electron chi connectivity index (χ3n) is 2.83. The van der Waals surface area contributed by atoms with Gasteiger partial charge in [-0.25, -0.2) is 4.39 Å². The fraction of sp³-hybridized carbons (Fsp3) is 0.214. The van der Waals surface area contributed by atoms with Crippen LogP contribution in [0, 0.1) is 12.7 Å². The fourth-order valence-corrected chi connectivity index (χ4v) is 1.81. The lowest BCUT2D eigenvalue weighted by atomic mass is 10.0. The summed E-state index contributed by atoms with van der Waals surface area (Å²) in [7, 11) is 0. The third-order valence-corrected chi connectivity index (χ3v) is 2.83. The maximum Gasteiger partial charge on any atom is 0.419 e. The van der Waals surface area contributed by atoms with Gasteiger partial charge < -0.3 is 5.11 Å². The molecule has 0 spiro atoms. The van der Waals surface area contributed by atoms with Gasteiger partial charge in [0.2, 0.25) is 0 Å². The highest BCUT2D eigenvalue weighted by atomic mass is 19.4. The number of hydrogen-bond acceptors (Lipinski definition) is 2. The van der Waals surface area contributed by atoms with Gasteiger partial charge in [-0.1, -0.05) is 6.07 Å². The van der Waals surface area contributed by atoms with E-state index in [1.807, 2.05) is 0 Å². The Hall–Kier alpha value is -1.95. The molecule has 1 unspecified atom stereocenters. The van der Waals surface area contributed by atoms with Crippen molar-refractivity contribution in [3.8, 4) is 0 Å². The molecule has 0 aliphatic rings. The zero-order valence-corrected chi connectivity index (χ0v) is 10.4. The second-order valence-electron chi connectivity index (χ2n) is 4.40. The average molecular weight is 285 g/mol. The van der Waals surface area contributed by atoms with Crippen molar-refractivity contribution in [3.63, 3.8) is 0 Å². The van der Waals surface area contributed by atoms with E-state index in [9.17, 15) is 22.7 Å². The molecular formula is C14H11F4NO. The van der Waals surface area contributed by atoms with E-state index in [0.29, 0.717) is 12.1 Å². The summed E-state index contributed by atoms with van der Waals surface area (Å²) in [6.07, 6.45) is -4.70. The number of aryl methyl sites for hydroxylation is 1. The van der Waals surface area contributed by atoms with Gasteiger partial charge in [-0.2, -0.15) is 13.2 Å². The first kappa shape index (κ1) is 14.5. The number of nitrogens with zero attached hydrogens (tertiary/aromatic N) is 1. The molecule has 2 rings (SSSR count). The largest absolute Gasteiger partial charge is 0.419 e. The minimum atomic E-state index is -4.81. The molecule has 0 saturated heterocycles. The number of aliphatic hydroxyl groups excluding tert-OH is 1. The number of alkyl halides is 3. The summed E-state index contributed by atoms with van der Waals surface area (Å²) in [5.41, 5.74) is -0.435. The molecule has 0 aliphatic carbocycles. The minimum absolute atomic E-state index is 0.0585. The predicted octanol–water partition coefficient (Wildman–Crippen LogP) is 3.63. The quantitative estimate of drug-likeness (QED) is 0.855. The van der Waals surface area contributed by atoms with Gasteiger partial charge in [0.25, 0.3) is 0 Å². The lowest BCUT2D eigenvalue weighted by Gasteiger charge is -2.14. The molecule has 106 valence electrons. The van der Waals surface area contributed by atoms with Gasteiger partial charge in [0, 0.05) is 6.20 Å². The molecule has 1 N–H and O–H groups in total. The van der Waals surface area contributed by atoms with E-state index in [4.69, 9.17) is 0 Å². The van der Waals surface area contributed by atoms with Gasteiger partial charge >= 0.3 is 6.18 Å². The highest BCUT2D eigenvalue weighted by Crippen LogP contribution is 2.33. The first-order chi connectivity index (χ1) is 9.29. The van der Waals surface area contributed by atoms with Gasteiger partial charge in [-0.3, -0.25) is 4.98 Å². The molecule has 0 aliphatic heterocycles. The molecule has 1 aromatic carbocycles. The van der Waals surface area contributed by atoms with Crippen LogP contribution in [0.25, 0.3) is 0 Å². The number of aromatic nitrogens is 1. The van der Waals surface area contributed by atoms with Crippen LogP contribution in [0.1, 0.15) is 28.5 Å². The van der Waals surface area contributed by atoms with Gasteiger partial charge in [0.1, 0.15) is 11.9 Å². The van der Waals surface area contributed by atoms with E-state index >= 15 is 0 Å². The smallest absolute Gasteiger partial charge is 0.382 e. The monoisotopic (exact) mass is 285 g/mol. The molecule has 1 heterocycles. The summed E-state index contributed by atoms with van der Waals surface area (Å²) in [6, 6.07) is 5.66. The van der Waals surface area contributed by atoms with Crippen molar-refractivity contribution in [1.29, 1.82) is 0 Å². The molecule has 2 aromatic rings. The second-order valence-corrected chi connectivity index (χ2v) is 4.40. The molecule has 0 amide bonds. The SMILES string of the molecule is Cc1ccnc(C(O)c2ccc(F)c(C(F)(F)F)c2)c1. The van der Waals surface area contributed by atoms with Crippen LogP contribution in [0.5, 0.6) is 0 Å². The molecule has 0 fully saturated rings. The van der Waals surface area contributed by atoms with Crippen LogP contribution in [0.2, 0.25) is 0 Å². The Labute approximate surface area is 112 Å². The Morgan fingerprint density at radius 3 is 2.45 bits per heavy atom. The lowest BCUT2D eigenvalue weighted by molar-refractivity contribution is -0.140. The Morgan fingerprint density at radius 1 is 1.15 bits per heavy atom. The van der Waals surface area contributed by atoms with Crippen LogP contribution >= 0.6 is 0 Å². The van der Waals surface area contributed by atoms with Crippen LogP contribution in [-0.4, -0.2) is 10.1 Å². The Kier molecular flexibility index (Phi) is 3.76. The molecule has 6 heteroatoms. The Bertz CT molecular complexity index is 625. The highest BCUT2D eigenvalue weighted by Gasteiger charge is 2.34. The van der Waals surface area contributed by atoms with Crippen molar-refractivity contribution < 1.29 is 22.7 Å². The summed E-state index contributed by atoms with van der Waals surface area (Å²) in [5.74, 6) is -1.37. The van der Waals surface area contributed by atoms with Crippen molar-refractivity contribution in [2.45, 2.75) is 19.2 Å². The van der Waals surface area contributed by atoms with Crippen LogP contribution in [-0.2, 0) is 6.18 Å². The van der Waals surface area contributed by atoms with E-state index in [-0.39, 0.29) is 11.3 Å². The van der Waals surface area contributed by atoms with Crippen molar-refractivity contribution in [2.24, 2.45) is 0 Å². The summed E-state index contributed by atoms with van der Waals surface area (Å²) in [5, 5.41) is 10.0. The first-order valence-corrected chi connectivity index (χ1v) is 5.76. The van der Waals surface area contributed by atoms with Crippen molar-refractivity contribution in [2.75, 3.05) is 0 Å². The van der Waals surface area contributed by atoms with Gasteiger partial charge in [0.05, 0.1) is 11.3 Å². The van der Waals surface area contributed by atoms with E-state index in [0.717, 1.165) is 11.6 Å². The van der Waals surface area contributed by atoms with E-state index in [1.165, 1.54) is 6.20 Å². The van der Waals surface area contributed by atoms with Crippen LogP contribution in [0.4, 0.5) is 17.6 Å². The molecule has 0 saturated carbocycles. The first-order valence-electron chi connectivity index (χ1n) is 5.76. The molecular weight excluding hydrogens is 274 g/mol. The van der Waals surface area contributed by atoms with Crippen molar-refractivity contribution in [1.82, 2.24) is 4.98 Å². The normalized spacial score (nSPS) is 13.3. The van der Waals surface area contributed by atoms with E-state index in [2.05, 4.69) is 4.98 Å². The topological polar surface area (TPSA) is 33.1 Å². The summed E-state index contributed by atoms with van der Waals surface area (Å²) in [6.45, 7) is 1.77. The molecule has 1 aromatic heterocycles. The van der Waals surface area contributed by atoms with Crippen LogP contribution < -0.4 is 0 Å². The van der Waals surface area contributed by atoms with Crippen molar-refractivity contribution >= 4 is 0 Å². The number of aliphatic hydroxyl groups is 1. The van der Waals surface area contributed by atoms with Gasteiger partial charge in [0.15, 0.2) is 0 Å². The van der Waals surface area contributed by atoms with E-state index in [1.54, 1.807) is 19.1 Å². The number of pyridine rings is 1. The summed E-state index contributed by atoms with van der Waals surface area (Å²) >= 11 is 0. The van der Waals surface area contributed by atoms with Crippen molar-refractivity contribution in [3.05, 3.63) is 64.7 Å². The standard InChI is InChI=1S/C14H11F4NO/c1-8-4-5-19-12(6-8)13(20)9-2-3-11(15)10(7-9)14(16,17)18/h2-7,13,20H,1H3. The fourth-order valence-electron chi connectivity index (χ4n) is 1.81. The molecule has 0 bridgehead atoms. The molecule has 0 radical (unpaired) electrons. The number of hydrogen-bond donors (Lipinski definition) is 1. The maximum absolute atomic E-state index is 13.2. The molecule has 20 heavy (non-hydrogen) atoms. The average Bonchev–Trinajstić information content (AvgIpc) is 2.37. The summed E-state index contributed by atoms with van der Waals surface area (Å²) < 4.78 is 51.0. The van der Waals surface area contributed by atoms with Crippen LogP contribution in [0.3, 0.4) is 0 Å². The predicted molar refractivity (Wildman–Crippen MR) is 64.4 cm³/mol. The Balaban J connectivity index is 2.43. The number of rotatable bonds is 2. The summed E-state index contributed by atoms with van der Waals surface area (Å²) in [4.78, 5) is 3.91. The zero-order chi connectivity index (χ0) is 14.9. The Morgan fingerprint density at radius 2 is 1.85 bits per heavy atom. The number of benzene rings is 1. The van der Waals surface area contributed by atoms with E-state index < -0.39 is 23.7 Å². The minimum Gasteiger partial charge on any atom is -0.382 e. The lowest BCUT2D eigenvalue weighted by Crippen LogP contribution is -2.11. The highest BCUT2D eigenvalue weighted by molar-refractivity contribution is 5.33.